The molecule has 0 aliphatic carbocycles. The molecule has 0 saturated heterocycles. The van der Waals surface area contributed by atoms with Crippen LogP contribution >= 0.6 is 22.9 Å². The number of hydrogen-bond acceptors (Lipinski definition) is 2. The Bertz CT molecular complexity index is 1460. The van der Waals surface area contributed by atoms with E-state index < -0.39 is 0 Å². The van der Waals surface area contributed by atoms with Crippen molar-refractivity contribution in [1.82, 2.24) is 0 Å². The topological polar surface area (TPSA) is 13.1 Å². The quantitative estimate of drug-likeness (QED) is 0.270. The maximum absolute atomic E-state index is 6.29. The zero-order chi connectivity index (χ0) is 16.5. The summed E-state index contributed by atoms with van der Waals surface area (Å²) in [5.41, 5.74) is 1.89. The molecule has 0 atom stereocenters. The largest absolute Gasteiger partial charge is 0.455 e. The molecule has 0 radical (unpaired) electrons. The summed E-state index contributed by atoms with van der Waals surface area (Å²) in [5.74, 6) is 0. The Morgan fingerprint density at radius 1 is 0.720 bits per heavy atom. The van der Waals surface area contributed by atoms with E-state index in [0.29, 0.717) is 0 Å². The summed E-state index contributed by atoms with van der Waals surface area (Å²) in [5, 5.41) is 7.92. The first-order valence-corrected chi connectivity index (χ1v) is 9.34. The molecule has 0 aliphatic heterocycles. The number of furan rings is 1. The summed E-state index contributed by atoms with van der Waals surface area (Å²) in [6, 6.07) is 23.1. The van der Waals surface area contributed by atoms with Gasteiger partial charge in [0.1, 0.15) is 11.2 Å². The van der Waals surface area contributed by atoms with Gasteiger partial charge in [-0.3, -0.25) is 0 Å². The van der Waals surface area contributed by atoms with E-state index >= 15 is 0 Å². The van der Waals surface area contributed by atoms with Crippen molar-refractivity contribution in [2.75, 3.05) is 0 Å². The summed E-state index contributed by atoms with van der Waals surface area (Å²) < 4.78 is 8.81. The molecule has 25 heavy (non-hydrogen) atoms. The lowest BCUT2D eigenvalue weighted by Gasteiger charge is -1.98. The number of fused-ring (bicyclic) bond motifs is 9. The molecule has 1 nitrogen and oxygen atoms in total. The summed E-state index contributed by atoms with van der Waals surface area (Å²) in [7, 11) is 0. The van der Waals surface area contributed by atoms with E-state index in [4.69, 9.17) is 16.0 Å². The highest BCUT2D eigenvalue weighted by Gasteiger charge is 2.16. The predicted octanol–water partition coefficient (Wildman–Crippen LogP) is 7.76. The molecule has 6 rings (SSSR count). The highest BCUT2D eigenvalue weighted by Crippen LogP contribution is 2.44. The Morgan fingerprint density at radius 2 is 1.60 bits per heavy atom. The number of halogens is 1. The smallest absolute Gasteiger partial charge is 0.143 e. The molecule has 0 fully saturated rings. The average molecular weight is 359 g/mol. The second kappa shape index (κ2) is 4.75. The van der Waals surface area contributed by atoms with Gasteiger partial charge in [-0.15, -0.1) is 11.3 Å². The Morgan fingerprint density at radius 3 is 2.56 bits per heavy atom. The monoisotopic (exact) mass is 358 g/mol. The molecule has 6 aromatic rings. The van der Waals surface area contributed by atoms with E-state index in [0.717, 1.165) is 21.6 Å². The standard InChI is InChI=1S/C22H11ClOS/c23-13-6-9-18-16(11-13)21-19(25-18)10-8-17-20(21)15-7-5-12-3-1-2-4-14(12)22(15)24-17/h1-11H. The molecule has 4 aromatic carbocycles. The van der Waals surface area contributed by atoms with Gasteiger partial charge in [0.2, 0.25) is 0 Å². The second-order valence-electron chi connectivity index (χ2n) is 6.32. The minimum atomic E-state index is 0.766. The van der Waals surface area contributed by atoms with Crippen LogP contribution in [0.5, 0.6) is 0 Å². The van der Waals surface area contributed by atoms with Crippen LogP contribution in [0.15, 0.2) is 71.1 Å². The maximum atomic E-state index is 6.29. The molecule has 118 valence electrons. The molecule has 0 aliphatic rings. The zero-order valence-electron chi connectivity index (χ0n) is 13.0. The zero-order valence-corrected chi connectivity index (χ0v) is 14.6. The van der Waals surface area contributed by atoms with Crippen molar-refractivity contribution in [3.63, 3.8) is 0 Å². The van der Waals surface area contributed by atoms with Gasteiger partial charge in [-0.25, -0.2) is 0 Å². The Hall–Kier alpha value is -2.55. The predicted molar refractivity (Wildman–Crippen MR) is 109 cm³/mol. The van der Waals surface area contributed by atoms with Gasteiger partial charge in [-0.1, -0.05) is 41.9 Å². The molecular formula is C22H11ClOS. The van der Waals surface area contributed by atoms with Crippen LogP contribution in [0.4, 0.5) is 0 Å². The van der Waals surface area contributed by atoms with E-state index in [1.165, 1.54) is 36.3 Å². The fourth-order valence-corrected chi connectivity index (χ4v) is 5.10. The van der Waals surface area contributed by atoms with Crippen molar-refractivity contribution in [3.05, 3.63) is 71.8 Å². The van der Waals surface area contributed by atoms with Gasteiger partial charge in [0.25, 0.3) is 0 Å². The summed E-state index contributed by atoms with van der Waals surface area (Å²) >= 11 is 8.08. The van der Waals surface area contributed by atoms with Crippen LogP contribution in [0.3, 0.4) is 0 Å². The highest BCUT2D eigenvalue weighted by molar-refractivity contribution is 7.26. The minimum Gasteiger partial charge on any atom is -0.455 e. The number of rotatable bonds is 0. The van der Waals surface area contributed by atoms with Gasteiger partial charge in [0.05, 0.1) is 0 Å². The van der Waals surface area contributed by atoms with Crippen molar-refractivity contribution in [2.45, 2.75) is 0 Å². The van der Waals surface area contributed by atoms with E-state index in [1.807, 2.05) is 6.07 Å². The molecule has 0 amide bonds. The van der Waals surface area contributed by atoms with Crippen LogP contribution in [-0.4, -0.2) is 0 Å². The van der Waals surface area contributed by atoms with Crippen LogP contribution in [0.25, 0.3) is 52.9 Å². The third-order valence-electron chi connectivity index (χ3n) is 4.92. The van der Waals surface area contributed by atoms with E-state index in [2.05, 4.69) is 60.7 Å². The number of thiophene rings is 1. The first-order chi connectivity index (χ1) is 12.3. The lowest BCUT2D eigenvalue weighted by atomic mass is 10.0. The van der Waals surface area contributed by atoms with Crippen molar-refractivity contribution in [3.8, 4) is 0 Å². The van der Waals surface area contributed by atoms with Crippen LogP contribution in [-0.2, 0) is 0 Å². The molecule has 0 unspecified atom stereocenters. The maximum Gasteiger partial charge on any atom is 0.143 e. The molecular weight excluding hydrogens is 348 g/mol. The molecule has 3 heteroatoms. The van der Waals surface area contributed by atoms with Crippen molar-refractivity contribution in [1.29, 1.82) is 0 Å². The van der Waals surface area contributed by atoms with Gasteiger partial charge in [-0.05, 0) is 41.8 Å². The third kappa shape index (κ3) is 1.78. The van der Waals surface area contributed by atoms with E-state index in [1.54, 1.807) is 11.3 Å². The Labute approximate surface area is 152 Å². The molecule has 0 N–H and O–H groups in total. The first kappa shape index (κ1) is 13.7. The SMILES string of the molecule is Clc1ccc2sc3ccc4oc5c6ccccc6ccc5c4c3c2c1. The van der Waals surface area contributed by atoms with Crippen molar-refractivity contribution in [2.24, 2.45) is 0 Å². The Kier molecular flexibility index (Phi) is 2.61. The summed E-state index contributed by atoms with van der Waals surface area (Å²) in [6.07, 6.45) is 0. The minimum absolute atomic E-state index is 0.766. The van der Waals surface area contributed by atoms with Crippen molar-refractivity contribution < 1.29 is 4.42 Å². The lowest BCUT2D eigenvalue weighted by Crippen LogP contribution is -1.73. The van der Waals surface area contributed by atoms with E-state index in [9.17, 15) is 0 Å². The van der Waals surface area contributed by atoms with Gasteiger partial charge < -0.3 is 4.42 Å². The van der Waals surface area contributed by atoms with Crippen LogP contribution in [0.1, 0.15) is 0 Å². The van der Waals surface area contributed by atoms with Gasteiger partial charge in [0, 0.05) is 41.4 Å². The molecule has 2 heterocycles. The van der Waals surface area contributed by atoms with Gasteiger partial charge in [-0.2, -0.15) is 0 Å². The molecule has 2 aromatic heterocycles. The summed E-state index contributed by atoms with van der Waals surface area (Å²) in [4.78, 5) is 0. The van der Waals surface area contributed by atoms with Crippen molar-refractivity contribution >= 4 is 75.8 Å². The highest BCUT2D eigenvalue weighted by atomic mass is 35.5. The normalized spacial score (nSPS) is 12.2. The van der Waals surface area contributed by atoms with Crippen LogP contribution in [0, 0.1) is 0 Å². The number of benzene rings is 4. The van der Waals surface area contributed by atoms with Gasteiger partial charge in [0.15, 0.2) is 0 Å². The third-order valence-corrected chi connectivity index (χ3v) is 6.29. The fourth-order valence-electron chi connectivity index (χ4n) is 3.83. The van der Waals surface area contributed by atoms with Crippen LogP contribution < -0.4 is 0 Å². The molecule has 0 saturated carbocycles. The first-order valence-electron chi connectivity index (χ1n) is 8.14. The average Bonchev–Trinajstić information content (AvgIpc) is 3.19. The Balaban J connectivity index is 1.93. The lowest BCUT2D eigenvalue weighted by molar-refractivity contribution is 0.673. The van der Waals surface area contributed by atoms with Crippen LogP contribution in [0.2, 0.25) is 5.02 Å². The molecule has 0 bridgehead atoms. The fraction of sp³-hybridized carbons (Fsp3) is 0. The van der Waals surface area contributed by atoms with Gasteiger partial charge >= 0.3 is 0 Å². The number of hydrogen-bond donors (Lipinski definition) is 0. The summed E-state index contributed by atoms with van der Waals surface area (Å²) in [6.45, 7) is 0. The van der Waals surface area contributed by atoms with E-state index in [-0.39, 0.29) is 0 Å². The molecule has 0 spiro atoms. The second-order valence-corrected chi connectivity index (χ2v) is 7.84.